The number of likely N-dealkylation sites (N-methyl/N-ethyl adjacent to an activating group) is 1. The molecular formula is C15H26N4O. The molecule has 5 nitrogen and oxygen atoms in total. The van der Waals surface area contributed by atoms with Crippen LogP contribution in [0.5, 0.6) is 0 Å². The van der Waals surface area contributed by atoms with Crippen LogP contribution in [-0.4, -0.2) is 42.8 Å². The van der Waals surface area contributed by atoms with Gasteiger partial charge in [0.05, 0.1) is 6.10 Å². The highest BCUT2D eigenvalue weighted by Crippen LogP contribution is 2.31. The predicted molar refractivity (Wildman–Crippen MR) is 82.5 cm³/mol. The third-order valence-corrected chi connectivity index (χ3v) is 3.81. The lowest BCUT2D eigenvalue weighted by Gasteiger charge is -2.28. The van der Waals surface area contributed by atoms with Crippen LogP contribution in [0.25, 0.3) is 0 Å². The molecule has 20 heavy (non-hydrogen) atoms. The summed E-state index contributed by atoms with van der Waals surface area (Å²) < 4.78 is 5.76. The molecule has 1 atom stereocenters. The van der Waals surface area contributed by atoms with E-state index in [1.807, 2.05) is 7.05 Å². The topological polar surface area (TPSA) is 50.3 Å². The van der Waals surface area contributed by atoms with Gasteiger partial charge in [-0.1, -0.05) is 13.8 Å². The van der Waals surface area contributed by atoms with Crippen LogP contribution in [0.15, 0.2) is 6.33 Å². The second-order valence-corrected chi connectivity index (χ2v) is 5.54. The lowest BCUT2D eigenvalue weighted by Crippen LogP contribution is -2.33. The van der Waals surface area contributed by atoms with Crippen LogP contribution in [0, 0.1) is 0 Å². The molecule has 0 bridgehead atoms. The molecule has 2 heterocycles. The quantitative estimate of drug-likeness (QED) is 0.867. The monoisotopic (exact) mass is 278 g/mol. The lowest BCUT2D eigenvalue weighted by molar-refractivity contribution is 0.115. The Bertz CT molecular complexity index is 430. The van der Waals surface area contributed by atoms with E-state index in [0.717, 1.165) is 37.8 Å². The molecule has 0 aromatic carbocycles. The van der Waals surface area contributed by atoms with E-state index >= 15 is 0 Å². The average molecular weight is 278 g/mol. The second-order valence-electron chi connectivity index (χ2n) is 5.54. The first-order chi connectivity index (χ1) is 9.67. The molecule has 0 amide bonds. The summed E-state index contributed by atoms with van der Waals surface area (Å²) in [6.07, 6.45) is 4.30. The molecule has 0 spiro atoms. The number of nitrogens with one attached hydrogen (secondary N) is 1. The van der Waals surface area contributed by atoms with Gasteiger partial charge in [0.25, 0.3) is 0 Å². The number of hydrogen-bond acceptors (Lipinski definition) is 5. The Hall–Kier alpha value is -1.36. The van der Waals surface area contributed by atoms with Crippen LogP contribution < -0.4 is 10.2 Å². The Morgan fingerprint density at radius 2 is 2.25 bits per heavy atom. The van der Waals surface area contributed by atoms with Gasteiger partial charge in [-0.05, 0) is 25.7 Å². The molecule has 0 saturated carbocycles. The van der Waals surface area contributed by atoms with Crippen LogP contribution in [-0.2, 0) is 4.74 Å². The van der Waals surface area contributed by atoms with Crippen LogP contribution in [0.2, 0.25) is 0 Å². The fourth-order valence-corrected chi connectivity index (χ4v) is 2.77. The van der Waals surface area contributed by atoms with Crippen molar-refractivity contribution in [2.75, 3.05) is 37.0 Å². The summed E-state index contributed by atoms with van der Waals surface area (Å²) in [7, 11) is 1.91. The summed E-state index contributed by atoms with van der Waals surface area (Å²) in [5.74, 6) is 2.35. The molecule has 1 fully saturated rings. The standard InChI is InChI=1S/C15H26N4O/c1-5-19(9-12-7-6-8-20-12)15-13(11(2)3)14(16-4)17-10-18-15/h10-12H,5-9H2,1-4H3,(H,16,17,18). The Morgan fingerprint density at radius 1 is 1.45 bits per heavy atom. The molecule has 1 aromatic rings. The number of anilines is 2. The maximum atomic E-state index is 5.76. The molecule has 1 aliphatic rings. The zero-order valence-corrected chi connectivity index (χ0v) is 13.0. The number of aromatic nitrogens is 2. The van der Waals surface area contributed by atoms with Crippen LogP contribution in [0.4, 0.5) is 11.6 Å². The first-order valence-electron chi connectivity index (χ1n) is 7.56. The fourth-order valence-electron chi connectivity index (χ4n) is 2.77. The molecule has 5 heteroatoms. The van der Waals surface area contributed by atoms with Crippen molar-refractivity contribution in [2.45, 2.75) is 45.6 Å². The van der Waals surface area contributed by atoms with Gasteiger partial charge in [0.15, 0.2) is 0 Å². The average Bonchev–Trinajstić information content (AvgIpc) is 2.96. The Morgan fingerprint density at radius 3 is 2.80 bits per heavy atom. The van der Waals surface area contributed by atoms with Gasteiger partial charge in [-0.25, -0.2) is 9.97 Å². The molecular weight excluding hydrogens is 252 g/mol. The van der Waals surface area contributed by atoms with Gasteiger partial charge in [0.2, 0.25) is 0 Å². The van der Waals surface area contributed by atoms with Crippen molar-refractivity contribution in [2.24, 2.45) is 0 Å². The summed E-state index contributed by atoms with van der Waals surface area (Å²) in [5, 5.41) is 3.18. The fraction of sp³-hybridized carbons (Fsp3) is 0.733. The number of nitrogens with zero attached hydrogens (tertiary/aromatic N) is 3. The van der Waals surface area contributed by atoms with E-state index in [1.165, 1.54) is 12.0 Å². The summed E-state index contributed by atoms with van der Waals surface area (Å²) in [4.78, 5) is 11.2. The van der Waals surface area contributed by atoms with Gasteiger partial charge >= 0.3 is 0 Å². The van der Waals surface area contributed by atoms with E-state index < -0.39 is 0 Å². The van der Waals surface area contributed by atoms with Crippen molar-refractivity contribution in [1.29, 1.82) is 0 Å². The smallest absolute Gasteiger partial charge is 0.137 e. The predicted octanol–water partition coefficient (Wildman–Crippen LogP) is 2.65. The minimum atomic E-state index is 0.336. The summed E-state index contributed by atoms with van der Waals surface area (Å²) in [6, 6.07) is 0. The summed E-state index contributed by atoms with van der Waals surface area (Å²) in [6.45, 7) is 9.27. The molecule has 1 unspecified atom stereocenters. The van der Waals surface area contributed by atoms with Crippen LogP contribution in [0.1, 0.15) is 45.1 Å². The van der Waals surface area contributed by atoms with E-state index in [9.17, 15) is 0 Å². The normalized spacial score (nSPS) is 18.6. The van der Waals surface area contributed by atoms with Gasteiger partial charge < -0.3 is 15.0 Å². The van der Waals surface area contributed by atoms with E-state index in [0.29, 0.717) is 12.0 Å². The Balaban J connectivity index is 2.27. The molecule has 1 N–H and O–H groups in total. The number of ether oxygens (including phenoxy) is 1. The van der Waals surface area contributed by atoms with Crippen LogP contribution >= 0.6 is 0 Å². The molecule has 0 aliphatic carbocycles. The highest BCUT2D eigenvalue weighted by atomic mass is 16.5. The van der Waals surface area contributed by atoms with Gasteiger partial charge in [0, 0.05) is 32.3 Å². The number of rotatable bonds is 6. The van der Waals surface area contributed by atoms with Crippen molar-refractivity contribution in [3.63, 3.8) is 0 Å². The van der Waals surface area contributed by atoms with Gasteiger partial charge in [-0.3, -0.25) is 0 Å². The minimum Gasteiger partial charge on any atom is -0.376 e. The second kappa shape index (κ2) is 6.88. The minimum absolute atomic E-state index is 0.336. The zero-order valence-electron chi connectivity index (χ0n) is 13.0. The van der Waals surface area contributed by atoms with Crippen molar-refractivity contribution >= 4 is 11.6 Å². The van der Waals surface area contributed by atoms with E-state index in [-0.39, 0.29) is 0 Å². The molecule has 1 aromatic heterocycles. The first-order valence-corrected chi connectivity index (χ1v) is 7.56. The van der Waals surface area contributed by atoms with E-state index in [4.69, 9.17) is 4.74 Å². The highest BCUT2D eigenvalue weighted by molar-refractivity contribution is 5.60. The Labute approximate surface area is 121 Å². The van der Waals surface area contributed by atoms with E-state index in [1.54, 1.807) is 6.33 Å². The van der Waals surface area contributed by atoms with Crippen LogP contribution in [0.3, 0.4) is 0 Å². The van der Waals surface area contributed by atoms with Gasteiger partial charge in [-0.15, -0.1) is 0 Å². The van der Waals surface area contributed by atoms with Crippen molar-refractivity contribution in [1.82, 2.24) is 9.97 Å². The van der Waals surface area contributed by atoms with Gasteiger partial charge in [-0.2, -0.15) is 0 Å². The first kappa shape index (κ1) is 15.0. The lowest BCUT2D eigenvalue weighted by atomic mass is 10.0. The van der Waals surface area contributed by atoms with Crippen molar-refractivity contribution in [3.05, 3.63) is 11.9 Å². The maximum absolute atomic E-state index is 5.76. The molecule has 0 radical (unpaired) electrons. The van der Waals surface area contributed by atoms with E-state index in [2.05, 4.69) is 41.0 Å². The third kappa shape index (κ3) is 3.20. The molecule has 1 saturated heterocycles. The summed E-state index contributed by atoms with van der Waals surface area (Å²) >= 11 is 0. The Kier molecular flexibility index (Phi) is 5.17. The third-order valence-electron chi connectivity index (χ3n) is 3.81. The summed E-state index contributed by atoms with van der Waals surface area (Å²) in [5.41, 5.74) is 1.19. The zero-order chi connectivity index (χ0) is 14.5. The maximum Gasteiger partial charge on any atom is 0.137 e. The highest BCUT2D eigenvalue weighted by Gasteiger charge is 2.23. The largest absolute Gasteiger partial charge is 0.376 e. The van der Waals surface area contributed by atoms with Gasteiger partial charge in [0.1, 0.15) is 18.0 Å². The SMILES string of the molecule is CCN(CC1CCCO1)c1ncnc(NC)c1C(C)C. The molecule has 112 valence electrons. The molecule has 1 aliphatic heterocycles. The number of hydrogen-bond donors (Lipinski definition) is 1. The van der Waals surface area contributed by atoms with Crippen molar-refractivity contribution < 1.29 is 4.74 Å². The molecule has 2 rings (SSSR count). The van der Waals surface area contributed by atoms with Crippen molar-refractivity contribution in [3.8, 4) is 0 Å².